The number of nitrogens with zero attached hydrogens (tertiary/aromatic N) is 2. The van der Waals surface area contributed by atoms with E-state index in [1.54, 1.807) is 17.1 Å². The minimum Gasteiger partial charge on any atom is -0.465 e. The first-order valence-corrected chi connectivity index (χ1v) is 14.7. The zero-order valence-electron chi connectivity index (χ0n) is 21.7. The Kier molecular flexibility index (Phi) is 9.51. The molecule has 6 atom stereocenters. The number of allylic oxidation sites excluding steroid dienone is 1. The highest BCUT2D eigenvalue weighted by Crippen LogP contribution is 2.60. The van der Waals surface area contributed by atoms with E-state index >= 15 is 0 Å². The summed E-state index contributed by atoms with van der Waals surface area (Å²) in [6.07, 6.45) is 11.2. The molecule has 0 radical (unpaired) electrons. The third kappa shape index (κ3) is 5.28. The first-order valence-electron chi connectivity index (χ1n) is 13.8. The summed E-state index contributed by atoms with van der Waals surface area (Å²) in [5.74, 6) is -2.27. The smallest absolute Gasteiger partial charge is 0.312 e. The Morgan fingerprint density at radius 3 is 2.62 bits per heavy atom. The molecule has 1 N–H and O–H groups in total. The summed E-state index contributed by atoms with van der Waals surface area (Å²) < 4.78 is 12.2. The van der Waals surface area contributed by atoms with Gasteiger partial charge in [-0.15, -0.1) is 13.2 Å². The molecule has 4 fully saturated rings. The maximum atomic E-state index is 14.4. The fraction of sp³-hybridized carbons (Fsp3) is 0.750. The number of aliphatic hydroxyl groups excluding tert-OH is 1. The molecule has 1 aliphatic carbocycles. The highest BCUT2D eigenvalue weighted by atomic mass is 79.9. The van der Waals surface area contributed by atoms with Crippen LogP contribution in [0.1, 0.15) is 64.2 Å². The van der Waals surface area contributed by atoms with Gasteiger partial charge in [0, 0.05) is 30.6 Å². The number of likely N-dealkylation sites (tertiary alicyclic amines) is 1. The first-order chi connectivity index (χ1) is 17.9. The number of amides is 2. The molecular formula is C28H41BrN2O6. The molecule has 9 heteroatoms. The molecule has 1 spiro atoms. The highest BCUT2D eigenvalue weighted by Gasteiger charge is 2.77. The standard InChI is InChI=1S/C28H41BrN2O6/c1-3-5-11-17-36-27(35)21-22-25(33)31(15-9-10-16-32)24(28(22)18-20(29)23(21)37-28)26(34)30(14-4-2)19-12-7-6-8-13-19/h3-4,19-24,32H,1-2,5-18H2/t20?,21-,22+,23-,24?,28?/m1/s1. The predicted molar refractivity (Wildman–Crippen MR) is 143 cm³/mol. The van der Waals surface area contributed by atoms with Gasteiger partial charge in [0.1, 0.15) is 11.6 Å². The molecule has 206 valence electrons. The number of alkyl halides is 1. The number of fused-ring (bicyclic) bond motifs is 1. The number of carbonyl (C=O) groups excluding carboxylic acids is 3. The van der Waals surface area contributed by atoms with Crippen LogP contribution in [0.5, 0.6) is 0 Å². The van der Waals surface area contributed by atoms with Crippen molar-refractivity contribution in [1.29, 1.82) is 0 Å². The Bertz CT molecular complexity index is 877. The minimum absolute atomic E-state index is 0.0155. The van der Waals surface area contributed by atoms with Gasteiger partial charge in [-0.1, -0.05) is 47.3 Å². The molecule has 4 aliphatic rings. The van der Waals surface area contributed by atoms with E-state index < -0.39 is 35.6 Å². The highest BCUT2D eigenvalue weighted by molar-refractivity contribution is 9.09. The van der Waals surface area contributed by atoms with Crippen LogP contribution in [0, 0.1) is 11.8 Å². The van der Waals surface area contributed by atoms with Crippen molar-refractivity contribution in [1.82, 2.24) is 9.80 Å². The first kappa shape index (κ1) is 28.3. The number of ether oxygens (including phenoxy) is 2. The maximum Gasteiger partial charge on any atom is 0.312 e. The van der Waals surface area contributed by atoms with Crippen LogP contribution in [0.3, 0.4) is 0 Å². The van der Waals surface area contributed by atoms with Crippen LogP contribution in [0.15, 0.2) is 25.3 Å². The zero-order chi connectivity index (χ0) is 26.6. The number of hydrogen-bond acceptors (Lipinski definition) is 6. The van der Waals surface area contributed by atoms with E-state index in [-0.39, 0.29) is 35.9 Å². The van der Waals surface area contributed by atoms with Crippen LogP contribution in [-0.2, 0) is 23.9 Å². The third-order valence-electron chi connectivity index (χ3n) is 8.52. The van der Waals surface area contributed by atoms with Gasteiger partial charge in [-0.05, 0) is 44.9 Å². The molecule has 4 rings (SSSR count). The number of rotatable bonds is 13. The van der Waals surface area contributed by atoms with E-state index in [4.69, 9.17) is 9.47 Å². The lowest BCUT2D eigenvalue weighted by Gasteiger charge is -2.41. The zero-order valence-corrected chi connectivity index (χ0v) is 23.3. The van der Waals surface area contributed by atoms with Crippen LogP contribution < -0.4 is 0 Å². The monoisotopic (exact) mass is 580 g/mol. The molecule has 3 aliphatic heterocycles. The molecular weight excluding hydrogens is 540 g/mol. The summed E-state index contributed by atoms with van der Waals surface area (Å²) in [7, 11) is 0. The fourth-order valence-corrected chi connectivity index (χ4v) is 7.86. The number of hydrogen-bond donors (Lipinski definition) is 1. The summed E-state index contributed by atoms with van der Waals surface area (Å²) in [5.41, 5.74) is -1.08. The molecule has 3 saturated heterocycles. The van der Waals surface area contributed by atoms with E-state index in [1.807, 2.05) is 4.90 Å². The average Bonchev–Trinajstić information content (AvgIpc) is 3.49. The lowest BCUT2D eigenvalue weighted by Crippen LogP contribution is -2.58. The Hall–Kier alpha value is -1.71. The summed E-state index contributed by atoms with van der Waals surface area (Å²) in [4.78, 5) is 45.1. The second kappa shape index (κ2) is 12.4. The van der Waals surface area contributed by atoms with Gasteiger partial charge >= 0.3 is 5.97 Å². The number of aliphatic hydroxyl groups is 1. The van der Waals surface area contributed by atoms with Crippen molar-refractivity contribution in [3.05, 3.63) is 25.3 Å². The van der Waals surface area contributed by atoms with Crippen molar-refractivity contribution in [2.75, 3.05) is 26.3 Å². The van der Waals surface area contributed by atoms with Crippen molar-refractivity contribution >= 4 is 33.7 Å². The molecule has 3 heterocycles. The molecule has 8 nitrogen and oxygen atoms in total. The number of halogens is 1. The van der Waals surface area contributed by atoms with Gasteiger partial charge in [0.2, 0.25) is 11.8 Å². The largest absolute Gasteiger partial charge is 0.465 e. The van der Waals surface area contributed by atoms with Crippen LogP contribution in [-0.4, -0.2) is 87.6 Å². The minimum atomic E-state index is -1.08. The van der Waals surface area contributed by atoms with Gasteiger partial charge in [-0.25, -0.2) is 0 Å². The van der Waals surface area contributed by atoms with Crippen molar-refractivity contribution < 1.29 is 29.0 Å². The van der Waals surface area contributed by atoms with E-state index in [0.717, 1.165) is 32.1 Å². The van der Waals surface area contributed by atoms with Crippen molar-refractivity contribution in [2.24, 2.45) is 11.8 Å². The van der Waals surface area contributed by atoms with Crippen molar-refractivity contribution in [3.8, 4) is 0 Å². The molecule has 2 bridgehead atoms. The Morgan fingerprint density at radius 1 is 1.19 bits per heavy atom. The van der Waals surface area contributed by atoms with E-state index in [1.165, 1.54) is 6.42 Å². The van der Waals surface area contributed by atoms with Crippen LogP contribution in [0.25, 0.3) is 0 Å². The SMILES string of the molecule is C=CCCCOC(=O)[C@H]1[C@@H]2OC3(CC2Br)C(C(=O)N(CC=C)C2CCCCC2)N(CCCCO)C(=O)[C@H]13. The Morgan fingerprint density at radius 2 is 1.95 bits per heavy atom. The van der Waals surface area contributed by atoms with Crippen molar-refractivity contribution in [2.45, 2.75) is 92.8 Å². The molecule has 37 heavy (non-hydrogen) atoms. The lowest BCUT2D eigenvalue weighted by molar-refractivity contribution is -0.155. The normalized spacial score (nSPS) is 32.9. The molecule has 3 unspecified atom stereocenters. The second-order valence-corrected chi connectivity index (χ2v) is 12.0. The Balaban J connectivity index is 1.66. The molecule has 0 aromatic heterocycles. The van der Waals surface area contributed by atoms with Crippen LogP contribution >= 0.6 is 15.9 Å². The van der Waals surface area contributed by atoms with Gasteiger partial charge in [0.15, 0.2) is 0 Å². The van der Waals surface area contributed by atoms with Crippen LogP contribution in [0.4, 0.5) is 0 Å². The third-order valence-corrected chi connectivity index (χ3v) is 9.37. The lowest BCUT2D eigenvalue weighted by atomic mass is 9.70. The molecule has 0 aromatic rings. The van der Waals surface area contributed by atoms with Gasteiger partial charge in [0.25, 0.3) is 0 Å². The summed E-state index contributed by atoms with van der Waals surface area (Å²) in [5, 5.41) is 9.36. The van der Waals surface area contributed by atoms with Gasteiger partial charge in [-0.3, -0.25) is 14.4 Å². The van der Waals surface area contributed by atoms with Crippen LogP contribution in [0.2, 0.25) is 0 Å². The molecule has 0 aromatic carbocycles. The molecule has 2 amide bonds. The van der Waals surface area contributed by atoms with E-state index in [2.05, 4.69) is 29.1 Å². The number of carbonyl (C=O) groups is 3. The average molecular weight is 582 g/mol. The summed E-state index contributed by atoms with van der Waals surface area (Å²) in [6.45, 7) is 8.61. The second-order valence-electron chi connectivity index (χ2n) is 10.8. The summed E-state index contributed by atoms with van der Waals surface area (Å²) in [6, 6.07) is -0.706. The number of unbranched alkanes of at least 4 members (excludes halogenated alkanes) is 2. The van der Waals surface area contributed by atoms with Gasteiger partial charge < -0.3 is 24.4 Å². The van der Waals surface area contributed by atoms with Gasteiger partial charge in [-0.2, -0.15) is 0 Å². The van der Waals surface area contributed by atoms with E-state index in [0.29, 0.717) is 38.8 Å². The topological polar surface area (TPSA) is 96.4 Å². The predicted octanol–water partition coefficient (Wildman–Crippen LogP) is 3.36. The Labute approximate surface area is 228 Å². The van der Waals surface area contributed by atoms with Crippen molar-refractivity contribution in [3.63, 3.8) is 0 Å². The molecule has 1 saturated carbocycles. The summed E-state index contributed by atoms with van der Waals surface area (Å²) >= 11 is 3.70. The quantitative estimate of drug-likeness (QED) is 0.155. The van der Waals surface area contributed by atoms with E-state index in [9.17, 15) is 19.5 Å². The maximum absolute atomic E-state index is 14.4. The van der Waals surface area contributed by atoms with Gasteiger partial charge in [0.05, 0.1) is 24.5 Å². The fourth-order valence-electron chi connectivity index (χ4n) is 6.92. The number of esters is 1.